The van der Waals surface area contributed by atoms with Gasteiger partial charge in [0.2, 0.25) is 5.91 Å². The number of nitrogens with one attached hydrogen (secondary N) is 1. The molecule has 23 heavy (non-hydrogen) atoms. The SMILES string of the molecule is O=C(Nc1ccc(Sc2ccncc2)cc1)C1CC2CCC1O2. The van der Waals surface area contributed by atoms with Crippen molar-refractivity contribution in [1.29, 1.82) is 0 Å². The number of anilines is 1. The number of ether oxygens (including phenoxy) is 1. The molecule has 2 saturated heterocycles. The molecule has 3 heterocycles. The first-order chi connectivity index (χ1) is 11.3. The zero-order valence-corrected chi connectivity index (χ0v) is 13.5. The van der Waals surface area contributed by atoms with Crippen molar-refractivity contribution in [1.82, 2.24) is 4.98 Å². The van der Waals surface area contributed by atoms with Gasteiger partial charge in [0.15, 0.2) is 0 Å². The van der Waals surface area contributed by atoms with Crippen molar-refractivity contribution >= 4 is 23.4 Å². The van der Waals surface area contributed by atoms with Crippen molar-refractivity contribution in [2.45, 2.75) is 41.3 Å². The van der Waals surface area contributed by atoms with Gasteiger partial charge < -0.3 is 10.1 Å². The molecule has 0 saturated carbocycles. The molecule has 2 aromatic rings. The van der Waals surface area contributed by atoms with Crippen LogP contribution in [0.1, 0.15) is 19.3 Å². The first kappa shape index (κ1) is 14.7. The Balaban J connectivity index is 1.37. The zero-order valence-electron chi connectivity index (χ0n) is 12.6. The lowest BCUT2D eigenvalue weighted by Crippen LogP contribution is -2.30. The smallest absolute Gasteiger partial charge is 0.230 e. The summed E-state index contributed by atoms with van der Waals surface area (Å²) in [5.74, 6) is 0.103. The lowest BCUT2D eigenvalue weighted by molar-refractivity contribution is -0.121. The summed E-state index contributed by atoms with van der Waals surface area (Å²) < 4.78 is 5.76. The number of amides is 1. The minimum atomic E-state index is 0.0135. The van der Waals surface area contributed by atoms with Gasteiger partial charge in [-0.2, -0.15) is 0 Å². The van der Waals surface area contributed by atoms with E-state index in [-0.39, 0.29) is 17.9 Å². The van der Waals surface area contributed by atoms with Crippen LogP contribution in [0.25, 0.3) is 0 Å². The standard InChI is InChI=1S/C18H18N2O2S/c21-18(16-11-13-3-6-17(16)22-13)20-12-1-4-14(5-2-12)23-15-7-9-19-10-8-15/h1-2,4-5,7-10,13,16-17H,3,6,11H2,(H,20,21). The van der Waals surface area contributed by atoms with Crippen molar-refractivity contribution in [3.05, 3.63) is 48.8 Å². The van der Waals surface area contributed by atoms with Crippen molar-refractivity contribution in [3.63, 3.8) is 0 Å². The molecule has 4 nitrogen and oxygen atoms in total. The van der Waals surface area contributed by atoms with Gasteiger partial charge in [-0.3, -0.25) is 9.78 Å². The van der Waals surface area contributed by atoms with E-state index in [1.165, 1.54) is 0 Å². The van der Waals surface area contributed by atoms with Crippen LogP contribution in [-0.2, 0) is 9.53 Å². The van der Waals surface area contributed by atoms with E-state index in [1.807, 2.05) is 36.4 Å². The van der Waals surface area contributed by atoms with E-state index in [4.69, 9.17) is 4.74 Å². The number of carbonyl (C=O) groups is 1. The van der Waals surface area contributed by atoms with Crippen LogP contribution in [0.5, 0.6) is 0 Å². The summed E-state index contributed by atoms with van der Waals surface area (Å²) in [5, 5.41) is 3.02. The number of pyridine rings is 1. The Morgan fingerprint density at radius 1 is 1.09 bits per heavy atom. The van der Waals surface area contributed by atoms with Crippen LogP contribution in [0.3, 0.4) is 0 Å². The van der Waals surface area contributed by atoms with E-state index < -0.39 is 0 Å². The molecule has 3 unspecified atom stereocenters. The van der Waals surface area contributed by atoms with Gasteiger partial charge in [-0.15, -0.1) is 0 Å². The van der Waals surface area contributed by atoms with Gasteiger partial charge >= 0.3 is 0 Å². The summed E-state index contributed by atoms with van der Waals surface area (Å²) in [4.78, 5) is 18.7. The van der Waals surface area contributed by atoms with E-state index in [0.717, 1.165) is 34.7 Å². The second kappa shape index (κ2) is 6.34. The highest BCUT2D eigenvalue weighted by Gasteiger charge is 2.44. The summed E-state index contributed by atoms with van der Waals surface area (Å²) in [6.07, 6.45) is 6.99. The molecular weight excluding hydrogens is 308 g/mol. The Bertz CT molecular complexity index is 690. The molecule has 118 valence electrons. The van der Waals surface area contributed by atoms with Gasteiger partial charge in [0.25, 0.3) is 0 Å². The fourth-order valence-corrected chi connectivity index (χ4v) is 4.10. The molecule has 0 spiro atoms. The maximum absolute atomic E-state index is 12.4. The molecule has 0 aliphatic carbocycles. The van der Waals surface area contributed by atoms with E-state index in [0.29, 0.717) is 6.10 Å². The highest BCUT2D eigenvalue weighted by molar-refractivity contribution is 7.99. The van der Waals surface area contributed by atoms with Crippen LogP contribution in [0.15, 0.2) is 58.6 Å². The molecule has 1 aromatic heterocycles. The largest absolute Gasteiger partial charge is 0.374 e. The van der Waals surface area contributed by atoms with Crippen LogP contribution in [0, 0.1) is 5.92 Å². The summed E-state index contributed by atoms with van der Waals surface area (Å²) in [5.41, 5.74) is 0.844. The third-order valence-corrected chi connectivity index (χ3v) is 5.47. The van der Waals surface area contributed by atoms with Gasteiger partial charge in [-0.1, -0.05) is 11.8 Å². The molecule has 2 bridgehead atoms. The first-order valence-corrected chi connectivity index (χ1v) is 8.74. The van der Waals surface area contributed by atoms with Crippen LogP contribution >= 0.6 is 11.8 Å². The Kier molecular flexibility index (Phi) is 4.06. The predicted molar refractivity (Wildman–Crippen MR) is 89.4 cm³/mol. The molecule has 1 aromatic carbocycles. The second-order valence-electron chi connectivity index (χ2n) is 6.01. The van der Waals surface area contributed by atoms with E-state index in [1.54, 1.807) is 24.2 Å². The van der Waals surface area contributed by atoms with Crippen LogP contribution in [-0.4, -0.2) is 23.1 Å². The maximum Gasteiger partial charge on any atom is 0.230 e. The molecule has 4 rings (SSSR count). The summed E-state index contributed by atoms with van der Waals surface area (Å²) in [7, 11) is 0. The topological polar surface area (TPSA) is 51.2 Å². The normalized spacial score (nSPS) is 25.5. The minimum Gasteiger partial charge on any atom is -0.374 e. The van der Waals surface area contributed by atoms with E-state index >= 15 is 0 Å². The number of nitrogens with zero attached hydrogens (tertiary/aromatic N) is 1. The van der Waals surface area contributed by atoms with Crippen molar-refractivity contribution in [2.75, 3.05) is 5.32 Å². The highest BCUT2D eigenvalue weighted by Crippen LogP contribution is 2.39. The van der Waals surface area contributed by atoms with E-state index in [2.05, 4.69) is 10.3 Å². The van der Waals surface area contributed by atoms with Gasteiger partial charge in [0, 0.05) is 27.9 Å². The molecule has 0 radical (unpaired) electrons. The fraction of sp³-hybridized carbons (Fsp3) is 0.333. The zero-order chi connectivity index (χ0) is 15.6. The number of carbonyl (C=O) groups excluding carboxylic acids is 1. The minimum absolute atomic E-state index is 0.0135. The third kappa shape index (κ3) is 3.26. The number of hydrogen-bond acceptors (Lipinski definition) is 4. The van der Waals surface area contributed by atoms with Gasteiger partial charge in [0.05, 0.1) is 18.1 Å². The molecule has 1 amide bonds. The molecule has 5 heteroatoms. The van der Waals surface area contributed by atoms with Crippen LogP contribution in [0.4, 0.5) is 5.69 Å². The quantitative estimate of drug-likeness (QED) is 0.930. The highest BCUT2D eigenvalue weighted by atomic mass is 32.2. The third-order valence-electron chi connectivity index (χ3n) is 4.45. The maximum atomic E-state index is 12.4. The Morgan fingerprint density at radius 3 is 2.48 bits per heavy atom. The number of benzene rings is 1. The summed E-state index contributed by atoms with van der Waals surface area (Å²) in [6, 6.07) is 11.9. The Labute approximate surface area is 139 Å². The van der Waals surface area contributed by atoms with Gasteiger partial charge in [0.1, 0.15) is 0 Å². The van der Waals surface area contributed by atoms with Crippen LogP contribution in [0.2, 0.25) is 0 Å². The second-order valence-corrected chi connectivity index (χ2v) is 7.16. The van der Waals surface area contributed by atoms with Gasteiger partial charge in [-0.25, -0.2) is 0 Å². The molecule has 2 fully saturated rings. The molecular formula is C18H18N2O2S. The average Bonchev–Trinajstić information content (AvgIpc) is 3.21. The number of rotatable bonds is 4. The molecule has 3 atom stereocenters. The Morgan fingerprint density at radius 2 is 1.83 bits per heavy atom. The number of aromatic nitrogens is 1. The van der Waals surface area contributed by atoms with Crippen LogP contribution < -0.4 is 5.32 Å². The lowest BCUT2D eigenvalue weighted by Gasteiger charge is -2.18. The fourth-order valence-electron chi connectivity index (χ4n) is 3.30. The van der Waals surface area contributed by atoms with Crippen molar-refractivity contribution in [2.24, 2.45) is 5.92 Å². The summed E-state index contributed by atoms with van der Waals surface area (Å²) in [6.45, 7) is 0. The number of fused-ring (bicyclic) bond motifs is 2. The first-order valence-electron chi connectivity index (χ1n) is 7.92. The number of hydrogen-bond donors (Lipinski definition) is 1. The molecule has 2 aliphatic heterocycles. The average molecular weight is 326 g/mol. The Hall–Kier alpha value is -1.85. The molecule has 1 N–H and O–H groups in total. The predicted octanol–water partition coefficient (Wildman–Crippen LogP) is 3.74. The monoisotopic (exact) mass is 326 g/mol. The van der Waals surface area contributed by atoms with Crippen molar-refractivity contribution in [3.8, 4) is 0 Å². The summed E-state index contributed by atoms with van der Waals surface area (Å²) >= 11 is 1.68. The van der Waals surface area contributed by atoms with E-state index in [9.17, 15) is 4.79 Å². The molecule has 2 aliphatic rings. The lowest BCUT2D eigenvalue weighted by atomic mass is 9.88. The van der Waals surface area contributed by atoms with Crippen molar-refractivity contribution < 1.29 is 9.53 Å². The van der Waals surface area contributed by atoms with Gasteiger partial charge in [-0.05, 0) is 55.7 Å².